The number of rotatable bonds is 5. The molecule has 6 nitrogen and oxygen atoms in total. The summed E-state index contributed by atoms with van der Waals surface area (Å²) in [5.41, 5.74) is 7.43. The number of fused-ring (bicyclic) bond motifs is 1. The quantitative estimate of drug-likeness (QED) is 0.893. The molecule has 1 saturated heterocycles. The highest BCUT2D eigenvalue weighted by atomic mass is 16.5. The van der Waals surface area contributed by atoms with Gasteiger partial charge in [-0.1, -0.05) is 0 Å². The van der Waals surface area contributed by atoms with Gasteiger partial charge in [-0.3, -0.25) is 9.78 Å². The molecular weight excluding hydrogens is 292 g/mol. The molecule has 1 aliphatic rings. The van der Waals surface area contributed by atoms with E-state index in [0.717, 1.165) is 37.2 Å². The van der Waals surface area contributed by atoms with Crippen LogP contribution in [0.15, 0.2) is 29.2 Å². The summed E-state index contributed by atoms with van der Waals surface area (Å²) in [4.78, 5) is 19.0. The van der Waals surface area contributed by atoms with Gasteiger partial charge in [0.25, 0.3) is 5.56 Å². The largest absolute Gasteiger partial charge is 0.495 e. The van der Waals surface area contributed by atoms with Gasteiger partial charge in [-0.25, -0.2) is 0 Å². The molecule has 2 aromatic heterocycles. The van der Waals surface area contributed by atoms with Gasteiger partial charge in [0.2, 0.25) is 0 Å². The van der Waals surface area contributed by atoms with Crippen LogP contribution in [0.2, 0.25) is 0 Å². The zero-order valence-electron chi connectivity index (χ0n) is 13.6. The van der Waals surface area contributed by atoms with Crippen molar-refractivity contribution in [3.63, 3.8) is 0 Å². The summed E-state index contributed by atoms with van der Waals surface area (Å²) in [5, 5.41) is 0. The van der Waals surface area contributed by atoms with Crippen LogP contribution in [-0.2, 0) is 6.54 Å². The van der Waals surface area contributed by atoms with E-state index in [0.29, 0.717) is 18.2 Å². The van der Waals surface area contributed by atoms with Gasteiger partial charge in [0.1, 0.15) is 5.75 Å². The summed E-state index contributed by atoms with van der Waals surface area (Å²) in [5.74, 6) is 1.24. The summed E-state index contributed by atoms with van der Waals surface area (Å²) in [7, 11) is 1.61. The van der Waals surface area contributed by atoms with Gasteiger partial charge in [0, 0.05) is 31.8 Å². The Bertz CT molecular complexity index is 728. The maximum atomic E-state index is 12.3. The van der Waals surface area contributed by atoms with E-state index in [1.54, 1.807) is 30.0 Å². The monoisotopic (exact) mass is 316 g/mol. The SMILES string of the molecule is COc1cnc2ccc(=O)n(CCN3CCC[C@@H](CN)C3)c2c1. The van der Waals surface area contributed by atoms with Crippen molar-refractivity contribution < 1.29 is 4.74 Å². The molecule has 3 rings (SSSR count). The van der Waals surface area contributed by atoms with Gasteiger partial charge < -0.3 is 19.9 Å². The topological polar surface area (TPSA) is 73.4 Å². The Hall–Kier alpha value is -1.92. The fourth-order valence-corrected chi connectivity index (χ4v) is 3.28. The minimum absolute atomic E-state index is 0.0000580. The van der Waals surface area contributed by atoms with Crippen molar-refractivity contribution in [2.24, 2.45) is 11.7 Å². The van der Waals surface area contributed by atoms with E-state index >= 15 is 0 Å². The van der Waals surface area contributed by atoms with Crippen LogP contribution in [0.5, 0.6) is 5.75 Å². The minimum atomic E-state index is -0.0000580. The van der Waals surface area contributed by atoms with Crippen LogP contribution < -0.4 is 16.0 Å². The lowest BCUT2D eigenvalue weighted by atomic mass is 9.98. The van der Waals surface area contributed by atoms with Crippen LogP contribution in [0.1, 0.15) is 12.8 Å². The van der Waals surface area contributed by atoms with Crippen molar-refractivity contribution in [1.29, 1.82) is 0 Å². The van der Waals surface area contributed by atoms with Crippen LogP contribution in [0, 0.1) is 5.92 Å². The van der Waals surface area contributed by atoms with Crippen molar-refractivity contribution >= 4 is 11.0 Å². The van der Waals surface area contributed by atoms with Crippen molar-refractivity contribution in [3.8, 4) is 5.75 Å². The molecule has 0 amide bonds. The van der Waals surface area contributed by atoms with E-state index in [4.69, 9.17) is 10.5 Å². The van der Waals surface area contributed by atoms with Crippen LogP contribution in [0.25, 0.3) is 11.0 Å². The van der Waals surface area contributed by atoms with E-state index in [-0.39, 0.29) is 5.56 Å². The first kappa shape index (κ1) is 16.0. The molecule has 0 unspecified atom stereocenters. The van der Waals surface area contributed by atoms with Crippen molar-refractivity contribution in [2.75, 3.05) is 33.3 Å². The maximum absolute atomic E-state index is 12.3. The van der Waals surface area contributed by atoms with Crippen molar-refractivity contribution in [1.82, 2.24) is 14.5 Å². The van der Waals surface area contributed by atoms with E-state index in [2.05, 4.69) is 9.88 Å². The first-order valence-electron chi connectivity index (χ1n) is 8.17. The Labute approximate surface area is 135 Å². The summed E-state index contributed by atoms with van der Waals surface area (Å²) < 4.78 is 7.03. The molecule has 0 saturated carbocycles. The Morgan fingerprint density at radius 2 is 2.26 bits per heavy atom. The second kappa shape index (κ2) is 7.10. The number of nitrogens with zero attached hydrogens (tertiary/aromatic N) is 3. The second-order valence-corrected chi connectivity index (χ2v) is 6.15. The lowest BCUT2D eigenvalue weighted by Crippen LogP contribution is -2.40. The fourth-order valence-electron chi connectivity index (χ4n) is 3.28. The molecule has 0 spiro atoms. The molecule has 2 N–H and O–H groups in total. The fraction of sp³-hybridized carbons (Fsp3) is 0.529. The van der Waals surface area contributed by atoms with Gasteiger partial charge in [0.15, 0.2) is 0 Å². The Kier molecular flexibility index (Phi) is 4.93. The first-order chi connectivity index (χ1) is 11.2. The number of ether oxygens (including phenoxy) is 1. The molecule has 6 heteroatoms. The molecule has 1 fully saturated rings. The predicted molar refractivity (Wildman–Crippen MR) is 90.8 cm³/mol. The third kappa shape index (κ3) is 3.54. The molecule has 0 aromatic carbocycles. The van der Waals surface area contributed by atoms with Gasteiger partial charge in [0.05, 0.1) is 24.3 Å². The number of hydrogen-bond donors (Lipinski definition) is 1. The Morgan fingerprint density at radius 1 is 1.39 bits per heavy atom. The molecular formula is C17H24N4O2. The van der Waals surface area contributed by atoms with Crippen molar-refractivity contribution in [3.05, 3.63) is 34.7 Å². The summed E-state index contributed by atoms with van der Waals surface area (Å²) in [6, 6.07) is 5.22. The number of nitrogens with two attached hydrogens (primary N) is 1. The highest BCUT2D eigenvalue weighted by Crippen LogP contribution is 2.18. The van der Waals surface area contributed by atoms with E-state index in [1.807, 2.05) is 6.07 Å². The van der Waals surface area contributed by atoms with Crippen LogP contribution in [0.3, 0.4) is 0 Å². The number of hydrogen-bond acceptors (Lipinski definition) is 5. The molecule has 0 aliphatic carbocycles. The molecule has 1 atom stereocenters. The molecule has 1 aliphatic heterocycles. The van der Waals surface area contributed by atoms with E-state index < -0.39 is 0 Å². The number of pyridine rings is 2. The van der Waals surface area contributed by atoms with Crippen LogP contribution >= 0.6 is 0 Å². The Balaban J connectivity index is 1.81. The molecule has 124 valence electrons. The lowest BCUT2D eigenvalue weighted by Gasteiger charge is -2.32. The lowest BCUT2D eigenvalue weighted by molar-refractivity contribution is 0.173. The Morgan fingerprint density at radius 3 is 3.04 bits per heavy atom. The molecule has 23 heavy (non-hydrogen) atoms. The number of methoxy groups -OCH3 is 1. The normalized spacial score (nSPS) is 19.1. The average molecular weight is 316 g/mol. The molecule has 3 heterocycles. The molecule has 0 radical (unpaired) electrons. The van der Waals surface area contributed by atoms with E-state index in [9.17, 15) is 4.79 Å². The van der Waals surface area contributed by atoms with Gasteiger partial charge in [-0.15, -0.1) is 0 Å². The second-order valence-electron chi connectivity index (χ2n) is 6.15. The molecule has 0 bridgehead atoms. The zero-order chi connectivity index (χ0) is 16.2. The average Bonchev–Trinajstić information content (AvgIpc) is 2.60. The van der Waals surface area contributed by atoms with Gasteiger partial charge >= 0.3 is 0 Å². The van der Waals surface area contributed by atoms with Crippen LogP contribution in [-0.4, -0.2) is 47.7 Å². The van der Waals surface area contributed by atoms with E-state index in [1.165, 1.54) is 12.8 Å². The summed E-state index contributed by atoms with van der Waals surface area (Å²) >= 11 is 0. The minimum Gasteiger partial charge on any atom is -0.495 e. The van der Waals surface area contributed by atoms with Crippen LogP contribution in [0.4, 0.5) is 0 Å². The standard InChI is InChI=1S/C17H24N4O2/c1-23-14-9-16-15(19-11-14)4-5-17(22)21(16)8-7-20-6-2-3-13(10-18)12-20/h4-5,9,11,13H,2-3,6-8,10,12,18H2,1H3/t13-/m0/s1. The summed E-state index contributed by atoms with van der Waals surface area (Å²) in [6.07, 6.45) is 4.07. The maximum Gasteiger partial charge on any atom is 0.251 e. The highest BCUT2D eigenvalue weighted by Gasteiger charge is 2.18. The number of likely N-dealkylation sites (tertiary alicyclic amines) is 1. The predicted octanol–water partition coefficient (Wildman–Crippen LogP) is 1.08. The highest BCUT2D eigenvalue weighted by molar-refractivity contribution is 5.75. The summed E-state index contributed by atoms with van der Waals surface area (Å²) in [6.45, 7) is 4.36. The molecule has 2 aromatic rings. The third-order valence-corrected chi connectivity index (χ3v) is 4.62. The van der Waals surface area contributed by atoms with Gasteiger partial charge in [-0.05, 0) is 37.9 Å². The third-order valence-electron chi connectivity index (χ3n) is 4.62. The first-order valence-corrected chi connectivity index (χ1v) is 8.17. The smallest absolute Gasteiger partial charge is 0.251 e. The van der Waals surface area contributed by atoms with Crippen molar-refractivity contribution in [2.45, 2.75) is 19.4 Å². The van der Waals surface area contributed by atoms with Gasteiger partial charge in [-0.2, -0.15) is 0 Å². The number of piperidine rings is 1. The number of aromatic nitrogens is 2. The zero-order valence-corrected chi connectivity index (χ0v) is 13.6.